The summed E-state index contributed by atoms with van der Waals surface area (Å²) in [5, 5.41) is 23.2. The fourth-order valence-corrected chi connectivity index (χ4v) is 8.19. The predicted molar refractivity (Wildman–Crippen MR) is 182 cm³/mol. The minimum atomic E-state index is -3.92. The number of halogens is 3. The summed E-state index contributed by atoms with van der Waals surface area (Å²) < 4.78 is 65.6. The first-order chi connectivity index (χ1) is 23.5. The van der Waals surface area contributed by atoms with E-state index in [9.17, 15) is 23.2 Å². The zero-order chi connectivity index (χ0) is 36.4. The number of anilines is 2. The Hall–Kier alpha value is -4.07. The number of benzene rings is 1. The Morgan fingerprint density at radius 3 is 2.36 bits per heavy atom. The highest BCUT2D eigenvalue weighted by Gasteiger charge is 2.45. The highest BCUT2D eigenvalue weighted by molar-refractivity contribution is 7.89. The van der Waals surface area contributed by atoms with E-state index in [4.69, 9.17) is 21.6 Å². The fraction of sp³-hybridized carbons (Fsp3) is 0.545. The van der Waals surface area contributed by atoms with Gasteiger partial charge in [-0.05, 0) is 70.0 Å². The third-order valence-corrected chi connectivity index (χ3v) is 11.2. The maximum Gasteiger partial charge on any atom is 0.407 e. The van der Waals surface area contributed by atoms with Crippen molar-refractivity contribution in [3.05, 3.63) is 52.3 Å². The molecule has 1 saturated carbocycles. The van der Waals surface area contributed by atoms with Gasteiger partial charge in [-0.15, -0.1) is 0 Å². The molecule has 0 spiro atoms. The van der Waals surface area contributed by atoms with E-state index in [2.05, 4.69) is 10.3 Å². The number of alkyl halides is 2. The third kappa shape index (κ3) is 8.44. The maximum absolute atomic E-state index is 15.7. The van der Waals surface area contributed by atoms with Crippen LogP contribution < -0.4 is 15.1 Å². The van der Waals surface area contributed by atoms with Crippen LogP contribution in [-0.4, -0.2) is 91.1 Å². The largest absolute Gasteiger partial charge is 0.623 e. The van der Waals surface area contributed by atoms with Gasteiger partial charge in [0.15, 0.2) is 12.1 Å². The number of nitrogens with one attached hydrogen (secondary N) is 1. The van der Waals surface area contributed by atoms with Crippen molar-refractivity contribution in [1.29, 1.82) is 5.26 Å². The second-order valence-corrected chi connectivity index (χ2v) is 16.0. The smallest absolute Gasteiger partial charge is 0.407 e. The van der Waals surface area contributed by atoms with Crippen LogP contribution >= 0.6 is 11.6 Å². The second-order valence-electron chi connectivity index (χ2n) is 13.7. The molecular formula is C33H40ClF2N7O6S. The minimum absolute atomic E-state index is 0.0351. The lowest BCUT2D eigenvalue weighted by Gasteiger charge is -2.36. The molecule has 0 radical (unpaired) electrons. The molecule has 1 aliphatic carbocycles. The Kier molecular flexibility index (Phi) is 10.9. The third-order valence-electron chi connectivity index (χ3n) is 9.11. The van der Waals surface area contributed by atoms with E-state index in [1.54, 1.807) is 43.9 Å². The number of nitrogens with zero attached hydrogens (tertiary/aromatic N) is 6. The molecule has 0 bridgehead atoms. The maximum atomic E-state index is 15.7. The molecular weight excluding hydrogens is 696 g/mol. The molecule has 2 aliphatic heterocycles. The Morgan fingerprint density at radius 1 is 1.12 bits per heavy atom. The predicted octanol–water partition coefficient (Wildman–Crippen LogP) is 4.63. The van der Waals surface area contributed by atoms with Crippen molar-refractivity contribution < 1.29 is 36.3 Å². The number of hydrogen-bond donors (Lipinski definition) is 1. The number of piperazine rings is 1. The molecule has 2 aromatic rings. The number of nitriles is 1. The number of aromatic nitrogens is 1. The quantitative estimate of drug-likeness (QED) is 0.134. The highest BCUT2D eigenvalue weighted by Crippen LogP contribution is 2.45. The van der Waals surface area contributed by atoms with Gasteiger partial charge in [0.1, 0.15) is 16.6 Å². The van der Waals surface area contributed by atoms with E-state index in [1.165, 1.54) is 27.4 Å². The molecule has 17 heteroatoms. The Labute approximate surface area is 295 Å². The van der Waals surface area contributed by atoms with Crippen LogP contribution in [0.4, 0.5) is 25.1 Å². The summed E-state index contributed by atoms with van der Waals surface area (Å²) in [6.45, 7) is 5.94. The number of ether oxygens (including phenoxy) is 1. The summed E-state index contributed by atoms with van der Waals surface area (Å²) in [4.78, 5) is 32.3. The van der Waals surface area contributed by atoms with Crippen molar-refractivity contribution in [3.63, 3.8) is 0 Å². The van der Waals surface area contributed by atoms with Crippen LogP contribution in [0, 0.1) is 22.5 Å². The number of carbonyl (C=O) groups excluding carboxylic acids is 2. The van der Waals surface area contributed by atoms with Crippen molar-refractivity contribution in [2.75, 3.05) is 42.5 Å². The topological polar surface area (TPSA) is 162 Å². The Morgan fingerprint density at radius 2 is 1.76 bits per heavy atom. The average molecular weight is 736 g/mol. The number of alkyl carbamates (subject to hydrolysis) is 1. The van der Waals surface area contributed by atoms with Crippen molar-refractivity contribution in [3.8, 4) is 6.07 Å². The van der Waals surface area contributed by atoms with Crippen LogP contribution in [0.2, 0.25) is 5.15 Å². The van der Waals surface area contributed by atoms with Crippen LogP contribution in [0.25, 0.3) is 0 Å². The number of amides is 2. The number of sulfonamides is 1. The van der Waals surface area contributed by atoms with Gasteiger partial charge in [-0.25, -0.2) is 27.0 Å². The summed E-state index contributed by atoms with van der Waals surface area (Å²) in [5.41, 5.74) is -0.487. The van der Waals surface area contributed by atoms with E-state index in [-0.39, 0.29) is 92.2 Å². The van der Waals surface area contributed by atoms with E-state index >= 15 is 8.78 Å². The average Bonchev–Trinajstić information content (AvgIpc) is 3.43. The number of hydroxylamine groups is 1. The SMILES string of the molecule is CC(C)(C)OC(=O)N[C@@H]1CC(=O)N(c2ccc(S(=O)(=O)N3CCN(c4cc(C(F)(F)C5CCC([N+]([O-])=CC#N)CC5)cc(Cl)n4)CC3)cc2)C1. The number of carbonyl (C=O) groups is 2. The molecule has 1 atom stereocenters. The first-order valence-corrected chi connectivity index (χ1v) is 18.2. The minimum Gasteiger partial charge on any atom is -0.623 e. The highest BCUT2D eigenvalue weighted by atomic mass is 35.5. The lowest BCUT2D eigenvalue weighted by Crippen LogP contribution is -2.49. The second kappa shape index (κ2) is 14.7. The van der Waals surface area contributed by atoms with Crippen LogP contribution in [0.1, 0.15) is 58.4 Å². The normalized spacial score (nSPS) is 22.7. The van der Waals surface area contributed by atoms with E-state index in [0.29, 0.717) is 10.4 Å². The van der Waals surface area contributed by atoms with Crippen LogP contribution in [0.5, 0.6) is 0 Å². The summed E-state index contributed by atoms with van der Waals surface area (Å²) in [7, 11) is -3.92. The van der Waals surface area contributed by atoms with Crippen molar-refractivity contribution in [1.82, 2.24) is 14.6 Å². The molecule has 3 heterocycles. The number of hydrogen-bond acceptors (Lipinski definition) is 9. The molecule has 1 N–H and O–H groups in total. The summed E-state index contributed by atoms with van der Waals surface area (Å²) in [6.07, 6.45) is 0.972. The van der Waals surface area contributed by atoms with Crippen LogP contribution in [0.3, 0.4) is 0 Å². The zero-order valence-electron chi connectivity index (χ0n) is 28.0. The van der Waals surface area contributed by atoms with Crippen LogP contribution in [0.15, 0.2) is 41.3 Å². The summed E-state index contributed by atoms with van der Waals surface area (Å²) in [6, 6.07) is 9.07. The lowest BCUT2D eigenvalue weighted by molar-refractivity contribution is -0.501. The van der Waals surface area contributed by atoms with E-state index in [1.807, 2.05) is 0 Å². The van der Waals surface area contributed by atoms with Gasteiger partial charge < -0.3 is 25.1 Å². The molecule has 13 nitrogen and oxygen atoms in total. The van der Waals surface area contributed by atoms with Crippen LogP contribution in [-0.2, 0) is 25.5 Å². The molecule has 1 aromatic heterocycles. The monoisotopic (exact) mass is 735 g/mol. The van der Waals surface area contributed by atoms with Gasteiger partial charge in [0, 0.05) is 69.2 Å². The van der Waals surface area contributed by atoms with E-state index in [0.717, 1.165) is 12.3 Å². The van der Waals surface area contributed by atoms with Gasteiger partial charge in [0.05, 0.1) is 10.9 Å². The van der Waals surface area contributed by atoms with Gasteiger partial charge >= 0.3 is 6.09 Å². The summed E-state index contributed by atoms with van der Waals surface area (Å²) >= 11 is 6.21. The van der Waals surface area contributed by atoms with Crippen molar-refractivity contribution in [2.24, 2.45) is 5.92 Å². The molecule has 3 fully saturated rings. The van der Waals surface area contributed by atoms with Gasteiger partial charge in [0.25, 0.3) is 12.1 Å². The van der Waals surface area contributed by atoms with Crippen molar-refractivity contribution in [2.45, 2.75) is 81.4 Å². The molecule has 3 aliphatic rings. The summed E-state index contributed by atoms with van der Waals surface area (Å²) in [5.74, 6) is -4.27. The first-order valence-electron chi connectivity index (χ1n) is 16.4. The Bertz CT molecular complexity index is 1770. The number of pyridine rings is 1. The van der Waals surface area contributed by atoms with E-state index < -0.39 is 45.6 Å². The molecule has 1 aromatic carbocycles. The van der Waals surface area contributed by atoms with Crippen molar-refractivity contribution >= 4 is 51.3 Å². The zero-order valence-corrected chi connectivity index (χ0v) is 29.6. The molecule has 5 rings (SSSR count). The van der Waals surface area contributed by atoms with Gasteiger partial charge in [0.2, 0.25) is 15.9 Å². The van der Waals surface area contributed by atoms with Gasteiger partial charge in [-0.2, -0.15) is 14.3 Å². The van der Waals surface area contributed by atoms with Gasteiger partial charge in [-0.1, -0.05) is 11.6 Å². The standard InChI is InChI=1S/C33H40ClF2N7O6S/c1-32(2,3)49-31(45)38-24-20-30(44)42(21-24)25-8-10-27(11-9-25)50(47,48)41-16-14-40(15-17-41)29-19-23(18-28(34)39-29)33(35,36)22-4-6-26(7-5-22)43(46)13-12-37/h8-11,13,18-19,22,24,26H,4-7,14-17,20-21H2,1-3H3,(H,38,45)/t22?,24-,26?/m1/s1. The molecule has 50 heavy (non-hydrogen) atoms. The fourth-order valence-electron chi connectivity index (χ4n) is 6.56. The molecule has 2 amide bonds. The molecule has 270 valence electrons. The van der Waals surface area contributed by atoms with Gasteiger partial charge in [-0.3, -0.25) is 4.79 Å². The molecule has 2 saturated heterocycles. The molecule has 0 unspecified atom stereocenters. The first kappa shape index (κ1) is 37.2. The lowest BCUT2D eigenvalue weighted by atomic mass is 9.80. The Balaban J connectivity index is 1.19. The number of rotatable bonds is 8.